The molecule has 1 aromatic heterocycles. The summed E-state index contributed by atoms with van der Waals surface area (Å²) in [6.07, 6.45) is 4.62. The highest BCUT2D eigenvalue weighted by Gasteiger charge is 2.16. The minimum atomic E-state index is -3.32. The number of para-hydroxylation sites is 1. The van der Waals surface area contributed by atoms with Crippen LogP contribution < -0.4 is 11.5 Å². The molecule has 34 heavy (non-hydrogen) atoms. The van der Waals surface area contributed by atoms with E-state index >= 15 is 0 Å². The molecule has 0 saturated carbocycles. The lowest BCUT2D eigenvalue weighted by Crippen LogP contribution is -2.07. The Hall–Kier alpha value is -3.32. The molecule has 188 valence electrons. The number of rotatable bonds is 3. The number of allylic oxidation sites excluding steroid dienone is 1. The molecule has 0 aliphatic rings. The standard InChI is InChI=1S/C16H14N2O2S.C3H6.2CH3NOS.CH4.H2O/c1-21(19,20)16-10-6-5-9-15(16)18-14(11-12-17-18)13-7-3-2-4-8-13;1-3-2;2*2-1(3)4;;/h2-12H,1H3;3H,1H2,2H3;2*(H3,2,3,4);1H4;1H2. The van der Waals surface area contributed by atoms with Crippen LogP contribution in [0.1, 0.15) is 14.4 Å². The van der Waals surface area contributed by atoms with E-state index in [1.807, 2.05) is 43.3 Å². The minimum Gasteiger partial charge on any atom is -0.487 e. The number of sulfone groups is 1. The van der Waals surface area contributed by atoms with Gasteiger partial charge in [-0.25, -0.2) is 13.1 Å². The van der Waals surface area contributed by atoms with Gasteiger partial charge in [0.2, 0.25) is 0 Å². The van der Waals surface area contributed by atoms with Crippen LogP contribution in [0, 0.1) is 0 Å². The van der Waals surface area contributed by atoms with Gasteiger partial charge in [-0.3, -0.25) is 0 Å². The molecular formula is C22H32N4O5S3. The van der Waals surface area contributed by atoms with Crippen molar-refractivity contribution in [3.05, 3.63) is 79.5 Å². The van der Waals surface area contributed by atoms with Gasteiger partial charge in [0.05, 0.1) is 22.5 Å². The van der Waals surface area contributed by atoms with Crippen LogP contribution in [0.25, 0.3) is 16.9 Å². The summed E-state index contributed by atoms with van der Waals surface area (Å²) in [5.74, 6) is 0. The van der Waals surface area contributed by atoms with Gasteiger partial charge in [0, 0.05) is 11.8 Å². The molecule has 0 radical (unpaired) electrons. The van der Waals surface area contributed by atoms with Gasteiger partial charge in [-0.2, -0.15) is 5.10 Å². The Kier molecular flexibility index (Phi) is 18.8. The average molecular weight is 529 g/mol. The van der Waals surface area contributed by atoms with E-state index in [0.29, 0.717) is 5.69 Å². The first kappa shape index (κ1) is 35.3. The molecule has 3 rings (SSSR count). The molecular weight excluding hydrogens is 496 g/mol. The molecule has 0 saturated heterocycles. The van der Waals surface area contributed by atoms with Gasteiger partial charge in [-0.15, -0.1) is 6.58 Å². The van der Waals surface area contributed by atoms with Crippen molar-refractivity contribution in [1.29, 1.82) is 0 Å². The molecule has 0 aliphatic heterocycles. The van der Waals surface area contributed by atoms with E-state index in [2.05, 4.69) is 47.6 Å². The molecule has 0 unspecified atom stereocenters. The minimum absolute atomic E-state index is 0. The van der Waals surface area contributed by atoms with Crippen LogP contribution in [0.3, 0.4) is 0 Å². The first-order valence-corrected chi connectivity index (χ1v) is 11.6. The fraction of sp³-hybridized carbons (Fsp3) is 0.136. The molecule has 0 fully saturated rings. The second-order valence-corrected chi connectivity index (χ2v) is 8.64. The molecule has 0 spiro atoms. The Bertz CT molecular complexity index is 1100. The van der Waals surface area contributed by atoms with Gasteiger partial charge in [-0.1, -0.05) is 56.0 Å². The van der Waals surface area contributed by atoms with Crippen LogP contribution in [0.4, 0.5) is 0 Å². The molecule has 0 bridgehead atoms. The van der Waals surface area contributed by atoms with Crippen LogP contribution in [0.2, 0.25) is 0 Å². The monoisotopic (exact) mass is 528 g/mol. The SMILES string of the molecule is C.C=CC.CS(=O)(=O)c1ccccc1-n1nccc1-c1ccccc1.NC(O)=S.NC(O)=S.O. The summed E-state index contributed by atoms with van der Waals surface area (Å²) in [4.78, 5) is 0.269. The zero-order chi connectivity index (χ0) is 24.7. The van der Waals surface area contributed by atoms with Crippen LogP contribution in [-0.4, -0.2) is 50.5 Å². The summed E-state index contributed by atoms with van der Waals surface area (Å²) in [5, 5.41) is 18.4. The first-order valence-electron chi connectivity index (χ1n) is 8.88. The van der Waals surface area contributed by atoms with Gasteiger partial charge in [0.15, 0.2) is 9.84 Å². The third-order valence-electron chi connectivity index (χ3n) is 3.21. The zero-order valence-electron chi connectivity index (χ0n) is 18.1. The maximum atomic E-state index is 12.0. The summed E-state index contributed by atoms with van der Waals surface area (Å²) in [5.41, 5.74) is 11.2. The second kappa shape index (κ2) is 18.1. The van der Waals surface area contributed by atoms with Crippen LogP contribution in [-0.2, 0) is 9.84 Å². The van der Waals surface area contributed by atoms with Crippen molar-refractivity contribution in [1.82, 2.24) is 9.78 Å². The maximum absolute atomic E-state index is 12.0. The number of nitrogens with two attached hydrogens (primary N) is 2. The van der Waals surface area contributed by atoms with E-state index in [4.69, 9.17) is 10.2 Å². The fourth-order valence-corrected chi connectivity index (χ4v) is 3.13. The lowest BCUT2D eigenvalue weighted by molar-refractivity contribution is 0.559. The molecule has 0 aliphatic carbocycles. The third-order valence-corrected chi connectivity index (χ3v) is 4.35. The predicted molar refractivity (Wildman–Crippen MR) is 147 cm³/mol. The lowest BCUT2D eigenvalue weighted by atomic mass is 10.1. The second-order valence-electron chi connectivity index (χ2n) is 5.82. The van der Waals surface area contributed by atoms with Gasteiger partial charge in [0.25, 0.3) is 10.3 Å². The Morgan fingerprint density at radius 2 is 1.41 bits per heavy atom. The highest BCUT2D eigenvalue weighted by Crippen LogP contribution is 2.26. The van der Waals surface area contributed by atoms with Crippen molar-refractivity contribution in [3.8, 4) is 16.9 Å². The Labute approximate surface area is 211 Å². The van der Waals surface area contributed by atoms with E-state index < -0.39 is 20.2 Å². The normalized spacial score (nSPS) is 8.88. The summed E-state index contributed by atoms with van der Waals surface area (Å²) in [7, 11) is -3.32. The molecule has 1 heterocycles. The van der Waals surface area contributed by atoms with Crippen LogP contribution in [0.15, 0.2) is 84.4 Å². The number of aliphatic hydroxyl groups excluding tert-OH is 2. The highest BCUT2D eigenvalue weighted by atomic mass is 32.2. The topological polar surface area (TPSA) is 176 Å². The van der Waals surface area contributed by atoms with Gasteiger partial charge < -0.3 is 27.2 Å². The summed E-state index contributed by atoms with van der Waals surface area (Å²) >= 11 is 7.74. The van der Waals surface area contributed by atoms with Crippen LogP contribution in [0.5, 0.6) is 0 Å². The predicted octanol–water partition coefficient (Wildman–Crippen LogP) is 3.52. The quantitative estimate of drug-likeness (QED) is 0.292. The fourth-order valence-electron chi connectivity index (χ4n) is 2.27. The number of hydrogen-bond acceptors (Lipinski definition) is 5. The Balaban J connectivity index is -0.000000630. The van der Waals surface area contributed by atoms with Crippen LogP contribution >= 0.6 is 24.4 Å². The number of thiocarbonyl (C=S) groups is 2. The van der Waals surface area contributed by atoms with Gasteiger partial charge in [-0.05, 0) is 49.6 Å². The number of nitrogens with zero attached hydrogens (tertiary/aromatic N) is 2. The van der Waals surface area contributed by atoms with E-state index in [0.717, 1.165) is 11.3 Å². The Morgan fingerprint density at radius 3 is 1.85 bits per heavy atom. The molecule has 2 aromatic carbocycles. The van der Waals surface area contributed by atoms with Crippen molar-refractivity contribution in [2.24, 2.45) is 11.5 Å². The van der Waals surface area contributed by atoms with Crippen molar-refractivity contribution < 1.29 is 24.1 Å². The van der Waals surface area contributed by atoms with Gasteiger partial charge >= 0.3 is 0 Å². The molecule has 0 amide bonds. The first-order chi connectivity index (χ1) is 14.9. The Morgan fingerprint density at radius 1 is 1.00 bits per heavy atom. The maximum Gasteiger partial charge on any atom is 0.251 e. The van der Waals surface area contributed by atoms with Crippen molar-refractivity contribution in [2.75, 3.05) is 6.26 Å². The molecule has 9 nitrogen and oxygen atoms in total. The summed E-state index contributed by atoms with van der Waals surface area (Å²) in [6.45, 7) is 5.25. The molecule has 0 atom stereocenters. The van der Waals surface area contributed by atoms with Crippen molar-refractivity contribution >= 4 is 44.6 Å². The molecule has 3 aromatic rings. The van der Waals surface area contributed by atoms with Crippen molar-refractivity contribution in [3.63, 3.8) is 0 Å². The summed E-state index contributed by atoms with van der Waals surface area (Å²) in [6, 6.07) is 18.5. The average Bonchev–Trinajstić information content (AvgIpc) is 3.17. The number of hydrogen-bond donors (Lipinski definition) is 4. The lowest BCUT2D eigenvalue weighted by Gasteiger charge is -2.11. The molecule has 12 heteroatoms. The largest absolute Gasteiger partial charge is 0.487 e. The zero-order valence-corrected chi connectivity index (χ0v) is 20.6. The van der Waals surface area contributed by atoms with E-state index in [1.165, 1.54) is 6.26 Å². The van der Waals surface area contributed by atoms with E-state index in [-0.39, 0.29) is 17.8 Å². The molecule has 8 N–H and O–H groups in total. The third kappa shape index (κ3) is 14.0. The van der Waals surface area contributed by atoms with E-state index in [1.54, 1.807) is 41.2 Å². The smallest absolute Gasteiger partial charge is 0.251 e. The summed E-state index contributed by atoms with van der Waals surface area (Å²) < 4.78 is 25.6. The van der Waals surface area contributed by atoms with Gasteiger partial charge in [0.1, 0.15) is 0 Å². The number of benzene rings is 2. The number of aromatic nitrogens is 2. The highest BCUT2D eigenvalue weighted by molar-refractivity contribution is 7.90. The van der Waals surface area contributed by atoms with E-state index in [9.17, 15) is 8.42 Å². The van der Waals surface area contributed by atoms with Crippen molar-refractivity contribution in [2.45, 2.75) is 19.2 Å². The number of aliphatic hydroxyl groups is 2.